The van der Waals surface area contributed by atoms with Gasteiger partial charge in [-0.25, -0.2) is 0 Å². The zero-order valence-electron chi connectivity index (χ0n) is 25.8. The van der Waals surface area contributed by atoms with E-state index in [1.54, 1.807) is 0 Å². The Bertz CT molecular complexity index is 2560. The maximum Gasteiger partial charge on any atom is 0.0546 e. The normalized spacial score (nSPS) is 11.4. The van der Waals surface area contributed by atoms with E-state index >= 15 is 0 Å². The van der Waals surface area contributed by atoms with Crippen LogP contribution in [0.1, 0.15) is 0 Å². The second-order valence-corrected chi connectivity index (χ2v) is 12.2. The van der Waals surface area contributed by atoms with Crippen LogP contribution in [0.3, 0.4) is 0 Å². The molecule has 0 aliphatic heterocycles. The molecule has 0 N–H and O–H groups in total. The number of fused-ring (bicyclic) bond motifs is 6. The number of benzene rings is 9. The third kappa shape index (κ3) is 4.72. The van der Waals surface area contributed by atoms with Crippen molar-refractivity contribution in [1.82, 2.24) is 0 Å². The smallest absolute Gasteiger partial charge is 0.0546 e. The van der Waals surface area contributed by atoms with Gasteiger partial charge in [0.2, 0.25) is 0 Å². The Hall–Kier alpha value is -6.18. The molecule has 0 saturated heterocycles. The molecular formula is C46H31N. The maximum absolute atomic E-state index is 2.45. The van der Waals surface area contributed by atoms with Crippen LogP contribution in [0.25, 0.3) is 65.3 Å². The molecule has 1 nitrogen and oxygen atoms in total. The van der Waals surface area contributed by atoms with Crippen LogP contribution < -0.4 is 4.90 Å². The monoisotopic (exact) mass is 597 g/mol. The van der Waals surface area contributed by atoms with Crippen molar-refractivity contribution in [2.75, 3.05) is 4.90 Å². The van der Waals surface area contributed by atoms with Gasteiger partial charge in [-0.2, -0.15) is 0 Å². The molecule has 1 heteroatoms. The maximum atomic E-state index is 2.45. The van der Waals surface area contributed by atoms with Crippen LogP contribution in [-0.2, 0) is 0 Å². The van der Waals surface area contributed by atoms with Gasteiger partial charge in [0.1, 0.15) is 0 Å². The lowest BCUT2D eigenvalue weighted by molar-refractivity contribution is 1.30. The molecule has 47 heavy (non-hydrogen) atoms. The zero-order valence-corrected chi connectivity index (χ0v) is 25.8. The van der Waals surface area contributed by atoms with Crippen molar-refractivity contribution >= 4 is 60.2 Å². The highest BCUT2D eigenvalue weighted by Crippen LogP contribution is 2.46. The summed E-state index contributed by atoms with van der Waals surface area (Å²) in [6, 6.07) is 68.3. The van der Waals surface area contributed by atoms with Crippen LogP contribution in [0.15, 0.2) is 188 Å². The van der Waals surface area contributed by atoms with Crippen LogP contribution in [0.5, 0.6) is 0 Å². The number of hydrogen-bond donors (Lipinski definition) is 0. The molecule has 0 spiro atoms. The summed E-state index contributed by atoms with van der Waals surface area (Å²) in [4.78, 5) is 2.45. The van der Waals surface area contributed by atoms with E-state index in [1.807, 2.05) is 0 Å². The fraction of sp³-hybridized carbons (Fsp3) is 0. The first kappa shape index (κ1) is 27.2. The van der Waals surface area contributed by atoms with Crippen LogP contribution in [-0.4, -0.2) is 0 Å². The van der Waals surface area contributed by atoms with Gasteiger partial charge in [0.25, 0.3) is 0 Å². The third-order valence-electron chi connectivity index (χ3n) is 9.42. The number of nitrogens with zero attached hydrogens (tertiary/aromatic N) is 1. The fourth-order valence-electron chi connectivity index (χ4n) is 7.15. The van der Waals surface area contributed by atoms with Gasteiger partial charge in [0.15, 0.2) is 0 Å². The summed E-state index contributed by atoms with van der Waals surface area (Å²) < 4.78 is 0. The minimum absolute atomic E-state index is 1.11. The van der Waals surface area contributed by atoms with Crippen molar-refractivity contribution in [2.45, 2.75) is 0 Å². The number of para-hydroxylation sites is 1. The van der Waals surface area contributed by atoms with Crippen LogP contribution in [0, 0.1) is 0 Å². The Balaban J connectivity index is 1.29. The highest BCUT2D eigenvalue weighted by atomic mass is 15.1. The van der Waals surface area contributed by atoms with E-state index in [0.717, 1.165) is 17.1 Å². The van der Waals surface area contributed by atoms with E-state index in [-0.39, 0.29) is 0 Å². The highest BCUT2D eigenvalue weighted by molar-refractivity contribution is 6.21. The first-order valence-electron chi connectivity index (χ1n) is 16.2. The van der Waals surface area contributed by atoms with Crippen molar-refractivity contribution in [1.29, 1.82) is 0 Å². The van der Waals surface area contributed by atoms with Crippen LogP contribution in [0.2, 0.25) is 0 Å². The van der Waals surface area contributed by atoms with Gasteiger partial charge in [-0.1, -0.05) is 158 Å². The van der Waals surface area contributed by atoms with E-state index < -0.39 is 0 Å². The van der Waals surface area contributed by atoms with E-state index in [9.17, 15) is 0 Å². The van der Waals surface area contributed by atoms with Gasteiger partial charge in [-0.15, -0.1) is 0 Å². The average molecular weight is 598 g/mol. The number of rotatable bonds is 5. The molecule has 0 aliphatic rings. The number of hydrogen-bond acceptors (Lipinski definition) is 1. The molecule has 0 atom stereocenters. The summed E-state index contributed by atoms with van der Waals surface area (Å²) in [5, 5.41) is 10.0. The third-order valence-corrected chi connectivity index (χ3v) is 9.42. The molecule has 0 fully saturated rings. The molecule has 0 aliphatic carbocycles. The Kier molecular flexibility index (Phi) is 6.54. The summed E-state index contributed by atoms with van der Waals surface area (Å²) >= 11 is 0. The van der Waals surface area contributed by atoms with E-state index in [1.165, 1.54) is 65.3 Å². The van der Waals surface area contributed by atoms with Gasteiger partial charge in [0.05, 0.1) is 11.4 Å². The van der Waals surface area contributed by atoms with Crippen molar-refractivity contribution in [3.8, 4) is 22.3 Å². The van der Waals surface area contributed by atoms with Crippen molar-refractivity contribution in [3.05, 3.63) is 188 Å². The van der Waals surface area contributed by atoms with Gasteiger partial charge < -0.3 is 4.90 Å². The first-order chi connectivity index (χ1) is 23.3. The van der Waals surface area contributed by atoms with Crippen LogP contribution in [0.4, 0.5) is 17.1 Å². The summed E-state index contributed by atoms with van der Waals surface area (Å²) in [6.45, 7) is 0. The van der Waals surface area contributed by atoms with Gasteiger partial charge >= 0.3 is 0 Å². The molecule has 0 aromatic heterocycles. The van der Waals surface area contributed by atoms with Crippen molar-refractivity contribution in [2.24, 2.45) is 0 Å². The molecule has 220 valence electrons. The summed E-state index contributed by atoms with van der Waals surface area (Å²) in [7, 11) is 0. The SMILES string of the molecule is c1ccc(-c2ccccc2N(c2ccc(-c3ccc4ccccc4c3)cc2)c2cccc3ccc4c5ccccc5ccc4c23)cc1. The van der Waals surface area contributed by atoms with E-state index in [0.29, 0.717) is 0 Å². The minimum Gasteiger partial charge on any atom is -0.309 e. The first-order valence-corrected chi connectivity index (χ1v) is 16.2. The fourth-order valence-corrected chi connectivity index (χ4v) is 7.15. The molecule has 9 rings (SSSR count). The van der Waals surface area contributed by atoms with Crippen molar-refractivity contribution in [3.63, 3.8) is 0 Å². The predicted molar refractivity (Wildman–Crippen MR) is 202 cm³/mol. The Morgan fingerprint density at radius 1 is 0.298 bits per heavy atom. The van der Waals surface area contributed by atoms with Gasteiger partial charge in [-0.05, 0) is 84.7 Å². The second kappa shape index (κ2) is 11.3. The number of anilines is 3. The molecule has 9 aromatic rings. The van der Waals surface area contributed by atoms with Gasteiger partial charge in [0, 0.05) is 16.6 Å². The predicted octanol–water partition coefficient (Wildman–Crippen LogP) is 13.1. The topological polar surface area (TPSA) is 3.24 Å². The lowest BCUT2D eigenvalue weighted by atomic mass is 9.95. The lowest BCUT2D eigenvalue weighted by Crippen LogP contribution is -2.12. The Labute approximate surface area is 274 Å². The molecule has 9 aromatic carbocycles. The lowest BCUT2D eigenvalue weighted by Gasteiger charge is -2.29. The molecular weight excluding hydrogens is 567 g/mol. The van der Waals surface area contributed by atoms with E-state index in [2.05, 4.69) is 193 Å². The second-order valence-electron chi connectivity index (χ2n) is 12.2. The molecule has 0 radical (unpaired) electrons. The summed E-state index contributed by atoms with van der Waals surface area (Å²) in [6.07, 6.45) is 0. The molecule has 0 amide bonds. The summed E-state index contributed by atoms with van der Waals surface area (Å²) in [5.41, 5.74) is 8.21. The molecule has 0 bridgehead atoms. The average Bonchev–Trinajstić information content (AvgIpc) is 3.15. The van der Waals surface area contributed by atoms with Gasteiger partial charge in [-0.3, -0.25) is 0 Å². The zero-order chi connectivity index (χ0) is 31.2. The molecule has 0 heterocycles. The minimum atomic E-state index is 1.11. The molecule has 0 saturated carbocycles. The summed E-state index contributed by atoms with van der Waals surface area (Å²) in [5.74, 6) is 0. The standard InChI is InChI=1S/C46H31N/c1-2-12-34(13-3-1)41-18-8-9-19-44(41)47(39-27-23-33(24-28-39)38-22-21-32-11-4-5-15-37(32)31-38)45-20-10-16-36-26-29-42-40-17-7-6-14-35(40)25-30-43(42)46(36)45/h1-31H. The largest absolute Gasteiger partial charge is 0.309 e. The quantitative estimate of drug-likeness (QED) is 0.178. The molecule has 0 unspecified atom stereocenters. The van der Waals surface area contributed by atoms with Crippen LogP contribution >= 0.6 is 0 Å². The Morgan fingerprint density at radius 3 is 1.79 bits per heavy atom. The van der Waals surface area contributed by atoms with E-state index in [4.69, 9.17) is 0 Å². The highest BCUT2D eigenvalue weighted by Gasteiger charge is 2.20. The Morgan fingerprint density at radius 2 is 0.915 bits per heavy atom. The van der Waals surface area contributed by atoms with Crippen molar-refractivity contribution < 1.29 is 0 Å².